The van der Waals surface area contributed by atoms with Crippen LogP contribution in [-0.4, -0.2) is 47.6 Å². The van der Waals surface area contributed by atoms with E-state index in [4.69, 9.17) is 9.97 Å². The van der Waals surface area contributed by atoms with Crippen LogP contribution >= 0.6 is 0 Å². The fourth-order valence-electron chi connectivity index (χ4n) is 3.51. The van der Waals surface area contributed by atoms with Gasteiger partial charge in [-0.15, -0.1) is 0 Å². The molecule has 1 aliphatic heterocycles. The van der Waals surface area contributed by atoms with Gasteiger partial charge in [-0.3, -0.25) is 0 Å². The number of benzene rings is 2. The molecule has 1 N–H and O–H groups in total. The number of piperazine rings is 1. The van der Waals surface area contributed by atoms with Gasteiger partial charge in [0.05, 0.1) is 5.69 Å². The number of hydrogen-bond acceptors (Lipinski definition) is 5. The van der Waals surface area contributed by atoms with Gasteiger partial charge in [0.2, 0.25) is 5.95 Å². The van der Waals surface area contributed by atoms with E-state index >= 15 is 0 Å². The van der Waals surface area contributed by atoms with Crippen LogP contribution < -0.4 is 10.2 Å². The van der Waals surface area contributed by atoms with Gasteiger partial charge >= 0.3 is 0 Å². The molecule has 1 aromatic heterocycles. The molecule has 1 saturated heterocycles. The summed E-state index contributed by atoms with van der Waals surface area (Å²) < 4.78 is 13.1. The maximum absolute atomic E-state index is 13.1. The highest BCUT2D eigenvalue weighted by Crippen LogP contribution is 2.24. The second kappa shape index (κ2) is 9.01. The third-order valence-corrected chi connectivity index (χ3v) is 5.29. The molecular formula is C23H26FN5. The first kappa shape index (κ1) is 19.3. The molecule has 0 unspecified atom stereocenters. The fourth-order valence-corrected chi connectivity index (χ4v) is 3.51. The molecule has 29 heavy (non-hydrogen) atoms. The van der Waals surface area contributed by atoms with Gasteiger partial charge in [-0.05, 0) is 24.2 Å². The summed E-state index contributed by atoms with van der Waals surface area (Å²) >= 11 is 0. The topological polar surface area (TPSA) is 44.3 Å². The van der Waals surface area contributed by atoms with Crippen LogP contribution in [0.5, 0.6) is 0 Å². The fraction of sp³-hybridized carbons (Fsp3) is 0.304. The first-order chi connectivity index (χ1) is 14.2. The molecule has 2 aromatic carbocycles. The van der Waals surface area contributed by atoms with E-state index in [1.807, 2.05) is 18.2 Å². The van der Waals surface area contributed by atoms with Crippen molar-refractivity contribution in [1.82, 2.24) is 14.9 Å². The van der Waals surface area contributed by atoms with Crippen LogP contribution in [0.2, 0.25) is 0 Å². The molecule has 0 radical (unpaired) electrons. The minimum atomic E-state index is -0.232. The number of rotatable bonds is 6. The highest BCUT2D eigenvalue weighted by molar-refractivity contribution is 5.65. The molecule has 6 heteroatoms. The Bertz CT molecular complexity index is 922. The van der Waals surface area contributed by atoms with Crippen LogP contribution in [0, 0.1) is 5.82 Å². The molecule has 0 amide bonds. The molecule has 1 fully saturated rings. The average Bonchev–Trinajstić information content (AvgIpc) is 2.79. The van der Waals surface area contributed by atoms with Gasteiger partial charge in [0.25, 0.3) is 0 Å². The lowest BCUT2D eigenvalue weighted by Crippen LogP contribution is -2.46. The van der Waals surface area contributed by atoms with Crippen LogP contribution in [0.15, 0.2) is 60.7 Å². The van der Waals surface area contributed by atoms with Gasteiger partial charge in [0.1, 0.15) is 11.6 Å². The van der Waals surface area contributed by atoms with E-state index < -0.39 is 0 Å². The van der Waals surface area contributed by atoms with Gasteiger partial charge in [-0.1, -0.05) is 49.4 Å². The van der Waals surface area contributed by atoms with Crippen LogP contribution in [-0.2, 0) is 6.54 Å². The summed E-state index contributed by atoms with van der Waals surface area (Å²) in [6.07, 6.45) is 0. The van der Waals surface area contributed by atoms with Crippen molar-refractivity contribution in [2.45, 2.75) is 13.5 Å². The van der Waals surface area contributed by atoms with Crippen molar-refractivity contribution in [3.8, 4) is 11.3 Å². The van der Waals surface area contributed by atoms with E-state index in [1.54, 1.807) is 12.1 Å². The van der Waals surface area contributed by atoms with Crippen molar-refractivity contribution in [2.75, 3.05) is 42.9 Å². The number of hydrogen-bond donors (Lipinski definition) is 1. The number of nitrogens with one attached hydrogen (secondary N) is 1. The first-order valence-electron chi connectivity index (χ1n) is 10.1. The van der Waals surface area contributed by atoms with E-state index in [2.05, 4.69) is 40.2 Å². The largest absolute Gasteiger partial charge is 0.354 e. The second-order valence-electron chi connectivity index (χ2n) is 7.20. The molecular weight excluding hydrogens is 365 g/mol. The van der Waals surface area contributed by atoms with E-state index in [0.717, 1.165) is 55.4 Å². The summed E-state index contributed by atoms with van der Waals surface area (Å²) in [6, 6.07) is 18.7. The van der Waals surface area contributed by atoms with E-state index in [1.165, 1.54) is 12.1 Å². The van der Waals surface area contributed by atoms with Gasteiger partial charge in [0.15, 0.2) is 0 Å². The van der Waals surface area contributed by atoms with E-state index in [-0.39, 0.29) is 5.82 Å². The van der Waals surface area contributed by atoms with Gasteiger partial charge < -0.3 is 15.1 Å². The Morgan fingerprint density at radius 1 is 0.931 bits per heavy atom. The van der Waals surface area contributed by atoms with Crippen molar-refractivity contribution in [3.63, 3.8) is 0 Å². The number of halogens is 1. The summed E-state index contributed by atoms with van der Waals surface area (Å²) in [4.78, 5) is 14.3. The Kier molecular flexibility index (Phi) is 6.00. The average molecular weight is 391 g/mol. The number of likely N-dealkylation sites (N-methyl/N-ethyl adjacent to an activating group) is 1. The first-order valence-corrected chi connectivity index (χ1v) is 10.1. The van der Waals surface area contributed by atoms with Crippen LogP contribution in [0.3, 0.4) is 0 Å². The summed E-state index contributed by atoms with van der Waals surface area (Å²) in [6.45, 7) is 7.82. The maximum atomic E-state index is 13.1. The van der Waals surface area contributed by atoms with Crippen molar-refractivity contribution in [3.05, 3.63) is 72.0 Å². The highest BCUT2D eigenvalue weighted by atomic mass is 19.1. The zero-order valence-corrected chi connectivity index (χ0v) is 16.7. The summed E-state index contributed by atoms with van der Waals surface area (Å²) in [7, 11) is 0. The molecule has 150 valence electrons. The third kappa shape index (κ3) is 4.90. The lowest BCUT2D eigenvalue weighted by molar-refractivity contribution is 0.270. The van der Waals surface area contributed by atoms with Crippen molar-refractivity contribution < 1.29 is 4.39 Å². The van der Waals surface area contributed by atoms with Crippen molar-refractivity contribution >= 4 is 11.8 Å². The Morgan fingerprint density at radius 3 is 2.34 bits per heavy atom. The molecule has 0 spiro atoms. The van der Waals surface area contributed by atoms with E-state index in [0.29, 0.717) is 12.5 Å². The minimum absolute atomic E-state index is 0.232. The normalized spacial score (nSPS) is 14.8. The van der Waals surface area contributed by atoms with Gasteiger partial charge in [-0.25, -0.2) is 9.37 Å². The van der Waals surface area contributed by atoms with Crippen LogP contribution in [0.1, 0.15) is 12.5 Å². The SMILES string of the molecule is CCN1CCN(c2cc(-c3ccccc3)nc(NCc3ccc(F)cc3)n2)CC1. The number of nitrogens with zero attached hydrogens (tertiary/aromatic N) is 4. The van der Waals surface area contributed by atoms with Crippen molar-refractivity contribution in [1.29, 1.82) is 0 Å². The Morgan fingerprint density at radius 2 is 1.66 bits per heavy atom. The van der Waals surface area contributed by atoms with Gasteiger partial charge in [0, 0.05) is 44.4 Å². The molecule has 0 atom stereocenters. The summed E-state index contributed by atoms with van der Waals surface area (Å²) in [5, 5.41) is 3.31. The summed E-state index contributed by atoms with van der Waals surface area (Å²) in [5.41, 5.74) is 2.95. The zero-order valence-electron chi connectivity index (χ0n) is 16.7. The monoisotopic (exact) mass is 391 g/mol. The van der Waals surface area contributed by atoms with Crippen LogP contribution in [0.25, 0.3) is 11.3 Å². The molecule has 5 nitrogen and oxygen atoms in total. The number of anilines is 2. The minimum Gasteiger partial charge on any atom is -0.354 e. The van der Waals surface area contributed by atoms with Gasteiger partial charge in [-0.2, -0.15) is 4.98 Å². The smallest absolute Gasteiger partial charge is 0.225 e. The third-order valence-electron chi connectivity index (χ3n) is 5.29. The quantitative estimate of drug-likeness (QED) is 0.687. The second-order valence-corrected chi connectivity index (χ2v) is 7.20. The number of aromatic nitrogens is 2. The molecule has 3 aromatic rings. The molecule has 4 rings (SSSR count). The molecule has 0 saturated carbocycles. The maximum Gasteiger partial charge on any atom is 0.225 e. The summed E-state index contributed by atoms with van der Waals surface area (Å²) in [5.74, 6) is 1.30. The lowest BCUT2D eigenvalue weighted by atomic mass is 10.1. The molecule has 1 aliphatic rings. The Labute approximate surface area is 171 Å². The zero-order chi connectivity index (χ0) is 20.1. The standard InChI is InChI=1S/C23H26FN5/c1-2-28-12-14-29(15-13-28)22-16-21(19-6-4-3-5-7-19)26-23(27-22)25-17-18-8-10-20(24)11-9-18/h3-11,16H,2,12-15,17H2,1H3,(H,25,26,27). The molecule has 2 heterocycles. The highest BCUT2D eigenvalue weighted by Gasteiger charge is 2.18. The molecule has 0 bridgehead atoms. The predicted molar refractivity (Wildman–Crippen MR) is 116 cm³/mol. The van der Waals surface area contributed by atoms with Crippen LogP contribution in [0.4, 0.5) is 16.2 Å². The molecule has 0 aliphatic carbocycles. The lowest BCUT2D eigenvalue weighted by Gasteiger charge is -2.35. The predicted octanol–water partition coefficient (Wildman–Crippen LogP) is 4.04. The Balaban J connectivity index is 1.58. The Hall–Kier alpha value is -2.99. The van der Waals surface area contributed by atoms with Crippen molar-refractivity contribution in [2.24, 2.45) is 0 Å². The van der Waals surface area contributed by atoms with E-state index in [9.17, 15) is 4.39 Å².